The summed E-state index contributed by atoms with van der Waals surface area (Å²) in [4.78, 5) is 53.2. The van der Waals surface area contributed by atoms with Gasteiger partial charge in [-0.25, -0.2) is 4.18 Å². The van der Waals surface area contributed by atoms with Gasteiger partial charge in [-0.1, -0.05) is 0 Å². The van der Waals surface area contributed by atoms with Crippen LogP contribution in [0.4, 0.5) is 11.4 Å². The van der Waals surface area contributed by atoms with Gasteiger partial charge in [-0.3, -0.25) is 34.0 Å². The van der Waals surface area contributed by atoms with Gasteiger partial charge in [-0.05, 0) is 52.3 Å². The van der Waals surface area contributed by atoms with E-state index < -0.39 is 102 Å². The van der Waals surface area contributed by atoms with Crippen LogP contribution in [0.5, 0.6) is 5.75 Å². The molecule has 1 aromatic carbocycles. The minimum absolute atomic E-state index is 0.134. The molecule has 3 aliphatic rings. The third-order valence-corrected chi connectivity index (χ3v) is 8.87. The molecule has 0 aromatic heterocycles. The normalized spacial score (nSPS) is 27.1. The second kappa shape index (κ2) is 10.3. The number of rotatable bonds is 8. The molecule has 17 nitrogen and oxygen atoms in total. The van der Waals surface area contributed by atoms with Crippen molar-refractivity contribution in [3.63, 3.8) is 0 Å². The number of amides is 1. The lowest BCUT2D eigenvalue weighted by Gasteiger charge is -2.54. The van der Waals surface area contributed by atoms with Crippen molar-refractivity contribution < 1.29 is 56.9 Å². The summed E-state index contributed by atoms with van der Waals surface area (Å²) in [5.41, 5.74) is -4.03. The van der Waals surface area contributed by atoms with Crippen LogP contribution in [0.3, 0.4) is 0 Å². The molecule has 0 saturated heterocycles. The number of benzene rings is 1. The molecule has 18 heteroatoms. The number of anilines is 1. The molecule has 4 rings (SSSR count). The van der Waals surface area contributed by atoms with Crippen molar-refractivity contribution >= 4 is 39.2 Å². The molecular weight excluding hydrogens is 596 g/mol. The number of aliphatic hydroxyl groups is 3. The van der Waals surface area contributed by atoms with Crippen LogP contribution in [0.25, 0.3) is 0 Å². The molecule has 0 radical (unpaired) electrons. The largest absolute Gasteiger partial charge is 0.508 e. The van der Waals surface area contributed by atoms with E-state index in [2.05, 4.69) is 0 Å². The predicted molar refractivity (Wildman–Crippen MR) is 145 cm³/mol. The molecule has 1 amide bonds. The summed E-state index contributed by atoms with van der Waals surface area (Å²) in [5, 5.41) is 57.1. The first kappa shape index (κ1) is 31.8. The van der Waals surface area contributed by atoms with E-state index in [0.29, 0.717) is 13.1 Å². The van der Waals surface area contributed by atoms with Crippen LogP contribution in [0.15, 0.2) is 28.7 Å². The number of nitrogens with zero attached hydrogens (tertiary/aromatic N) is 3. The van der Waals surface area contributed by atoms with E-state index in [-0.39, 0.29) is 17.7 Å². The number of phenols is 1. The number of likely N-dealkylation sites (N-methyl/N-ethyl adjacent to an activating group) is 1. The topological polar surface area (TPSA) is 271 Å². The fourth-order valence-corrected chi connectivity index (χ4v) is 7.22. The van der Waals surface area contributed by atoms with Gasteiger partial charge < -0.3 is 31.1 Å². The summed E-state index contributed by atoms with van der Waals surface area (Å²) in [7, 11) is -3.30. The maximum atomic E-state index is 14.0. The van der Waals surface area contributed by atoms with Crippen LogP contribution in [0.1, 0.15) is 36.2 Å². The van der Waals surface area contributed by atoms with Gasteiger partial charge in [0.25, 0.3) is 5.91 Å². The van der Waals surface area contributed by atoms with Crippen molar-refractivity contribution in [1.82, 2.24) is 4.90 Å². The molecule has 0 spiro atoms. The number of allylic oxidation sites excluding steroid dienone is 1. The monoisotopic (exact) mass is 626 g/mol. The van der Waals surface area contributed by atoms with Crippen molar-refractivity contribution in [3.05, 3.63) is 50.0 Å². The third-order valence-electron chi connectivity index (χ3n) is 8.40. The van der Waals surface area contributed by atoms with Crippen LogP contribution < -0.4 is 10.6 Å². The first-order valence-corrected chi connectivity index (χ1v) is 14.3. The summed E-state index contributed by atoms with van der Waals surface area (Å²) in [6.45, 7) is 4.15. The third kappa shape index (κ3) is 4.36. The zero-order valence-corrected chi connectivity index (χ0v) is 24.2. The molecule has 7 N–H and O–H groups in total. The van der Waals surface area contributed by atoms with Gasteiger partial charge in [-0.2, -0.15) is 8.42 Å². The Balaban J connectivity index is 2.10. The van der Waals surface area contributed by atoms with Crippen LogP contribution in [-0.4, -0.2) is 99.2 Å². The molecule has 1 aromatic rings. The standard InChI is InChI=1S/C25H30N4O13S/c1-5-28(6-2)12-9-13(29(37)38)18(30)16-11(12)7-10-8-14-24(36,20(32)15(10)19(16)31)21(33)17(23(26)35)22(34)25(14,27(3)4)42-43(39,40)41/h9-10,14,30,32,34,36H,5-8H2,1-4H3,(H2,26,35)(H,39,40,41)/t10?,14?,24-,25+/m0/s1. The summed E-state index contributed by atoms with van der Waals surface area (Å²) < 4.78 is 38.7. The molecule has 0 aliphatic heterocycles. The molecule has 4 atom stereocenters. The van der Waals surface area contributed by atoms with Crippen LogP contribution in [-0.2, 0) is 30.6 Å². The number of nitro groups is 1. The highest BCUT2D eigenvalue weighted by molar-refractivity contribution is 7.80. The van der Waals surface area contributed by atoms with Gasteiger partial charge in [0.1, 0.15) is 11.3 Å². The molecular formula is C25H30N4O13S. The SMILES string of the molecule is CCN(CC)c1cc([N+](=O)[O-])c(O)c2c1CC1CC3[C@@](O)(C(=O)C(C(N)=O)=C(O)[C@@]3(OS(=O)(=O)O)N(C)C)C(O)=C1C2=O. The zero-order valence-electron chi connectivity index (χ0n) is 23.4. The van der Waals surface area contributed by atoms with Crippen molar-refractivity contribution in [2.24, 2.45) is 17.6 Å². The molecule has 3 aliphatic carbocycles. The van der Waals surface area contributed by atoms with E-state index in [0.717, 1.165) is 25.1 Å². The maximum absolute atomic E-state index is 14.0. The highest BCUT2D eigenvalue weighted by Crippen LogP contribution is 2.57. The fourth-order valence-electron chi connectivity index (χ4n) is 6.55. The lowest BCUT2D eigenvalue weighted by Crippen LogP contribution is -2.71. The van der Waals surface area contributed by atoms with Gasteiger partial charge in [0.2, 0.25) is 17.3 Å². The number of carbonyl (C=O) groups excluding carboxylic acids is 3. The van der Waals surface area contributed by atoms with Crippen molar-refractivity contribution in [3.8, 4) is 5.75 Å². The Morgan fingerprint density at radius 3 is 2.23 bits per heavy atom. The van der Waals surface area contributed by atoms with Crippen molar-refractivity contribution in [1.29, 1.82) is 0 Å². The molecule has 0 bridgehead atoms. The number of primary amides is 1. The fraction of sp³-hybridized carbons (Fsp3) is 0.480. The van der Waals surface area contributed by atoms with E-state index >= 15 is 0 Å². The lowest BCUT2D eigenvalue weighted by molar-refractivity contribution is -0.385. The Hall–Kier alpha value is -4.10. The first-order valence-electron chi connectivity index (χ1n) is 12.9. The number of fused-ring (bicyclic) bond motifs is 3. The highest BCUT2D eigenvalue weighted by Gasteiger charge is 2.71. The second-order valence-corrected chi connectivity index (χ2v) is 11.6. The lowest BCUT2D eigenvalue weighted by atomic mass is 9.57. The predicted octanol–water partition coefficient (Wildman–Crippen LogP) is 0.0221. The van der Waals surface area contributed by atoms with Gasteiger partial charge in [-0.15, -0.1) is 0 Å². The zero-order chi connectivity index (χ0) is 32.6. The number of aromatic hydroxyl groups is 1. The Labute approximate surface area is 244 Å². The second-order valence-electron chi connectivity index (χ2n) is 10.6. The Morgan fingerprint density at radius 2 is 1.77 bits per heavy atom. The van der Waals surface area contributed by atoms with E-state index in [1.165, 1.54) is 0 Å². The quantitative estimate of drug-likeness (QED) is 0.0730. The number of hydrogen-bond acceptors (Lipinski definition) is 14. The number of aliphatic hydroxyl groups excluding tert-OH is 2. The molecule has 0 heterocycles. The molecule has 234 valence electrons. The minimum atomic E-state index is -5.53. The van der Waals surface area contributed by atoms with Gasteiger partial charge >= 0.3 is 16.1 Å². The smallest absolute Gasteiger partial charge is 0.399 e. The van der Waals surface area contributed by atoms with E-state index in [1.54, 1.807) is 18.7 Å². The molecule has 2 unspecified atom stereocenters. The van der Waals surface area contributed by atoms with Gasteiger partial charge in [0, 0.05) is 30.4 Å². The van der Waals surface area contributed by atoms with E-state index in [4.69, 9.17) is 9.92 Å². The van der Waals surface area contributed by atoms with Crippen LogP contribution >= 0.6 is 0 Å². The number of ketones is 2. The Kier molecular flexibility index (Phi) is 7.60. The Bertz CT molecular complexity index is 1650. The summed E-state index contributed by atoms with van der Waals surface area (Å²) in [6, 6.07) is 1.09. The number of hydrogen-bond donors (Lipinski definition) is 6. The van der Waals surface area contributed by atoms with E-state index in [9.17, 15) is 57.9 Å². The molecule has 0 fully saturated rings. The number of phenolic OH excluding ortho intramolecular Hbond substituents is 1. The van der Waals surface area contributed by atoms with Crippen molar-refractivity contribution in [2.45, 2.75) is 38.0 Å². The average Bonchev–Trinajstić information content (AvgIpc) is 2.89. The first-order chi connectivity index (χ1) is 19.8. The highest BCUT2D eigenvalue weighted by atomic mass is 32.3. The van der Waals surface area contributed by atoms with Crippen LogP contribution in [0, 0.1) is 22.0 Å². The molecule has 0 saturated carbocycles. The summed E-state index contributed by atoms with van der Waals surface area (Å²) >= 11 is 0. The van der Waals surface area contributed by atoms with Gasteiger partial charge in [0.15, 0.2) is 17.1 Å². The van der Waals surface area contributed by atoms with Gasteiger partial charge in [0.05, 0.1) is 16.4 Å². The maximum Gasteiger partial charge on any atom is 0.399 e. The number of nitrogens with two attached hydrogens (primary N) is 1. The number of carbonyl (C=O) groups is 3. The van der Waals surface area contributed by atoms with Crippen LogP contribution in [0.2, 0.25) is 0 Å². The number of Topliss-reactive ketones (excluding diaryl/α,β-unsaturated/α-hetero) is 2. The Morgan fingerprint density at radius 1 is 1.19 bits per heavy atom. The molecule has 43 heavy (non-hydrogen) atoms. The number of nitro benzene ring substituents is 1. The van der Waals surface area contributed by atoms with E-state index in [1.807, 2.05) is 0 Å². The van der Waals surface area contributed by atoms with Crippen molar-refractivity contribution in [2.75, 3.05) is 32.1 Å². The summed E-state index contributed by atoms with van der Waals surface area (Å²) in [6.07, 6.45) is -0.826. The average molecular weight is 627 g/mol. The minimum Gasteiger partial charge on any atom is -0.508 e. The summed E-state index contributed by atoms with van der Waals surface area (Å²) in [5.74, 6) is -11.5.